The zero-order valence-corrected chi connectivity index (χ0v) is 10.00. The minimum atomic E-state index is -1.02. The number of rotatable bonds is 5. The molecule has 0 aliphatic rings. The van der Waals surface area contributed by atoms with Gasteiger partial charge in [0.1, 0.15) is 19.3 Å². The van der Waals surface area contributed by atoms with Crippen molar-refractivity contribution in [2.24, 2.45) is 5.73 Å². The van der Waals surface area contributed by atoms with Gasteiger partial charge in [0.2, 0.25) is 0 Å². The van der Waals surface area contributed by atoms with E-state index in [4.69, 9.17) is 10.5 Å². The van der Waals surface area contributed by atoms with Crippen molar-refractivity contribution in [3.05, 3.63) is 35.9 Å². The second-order valence-corrected chi connectivity index (χ2v) is 3.46. The molecule has 0 amide bonds. The Bertz CT molecular complexity index is 393. The van der Waals surface area contributed by atoms with Crippen LogP contribution in [-0.4, -0.2) is 31.9 Å². The molecule has 0 spiro atoms. The minimum absolute atomic E-state index is 0.131. The molecule has 6 heteroatoms. The molecular weight excluding hydrogens is 238 g/mol. The molecule has 6 nitrogen and oxygen atoms in total. The van der Waals surface area contributed by atoms with Gasteiger partial charge in [0, 0.05) is 0 Å². The maximum absolute atomic E-state index is 11.4. The molecule has 1 atom stereocenters. The van der Waals surface area contributed by atoms with Crippen LogP contribution in [0.3, 0.4) is 0 Å². The number of ether oxygens (including phenoxy) is 3. The van der Waals surface area contributed by atoms with Crippen LogP contribution < -0.4 is 5.73 Å². The molecular formula is C12H15NO5. The van der Waals surface area contributed by atoms with Gasteiger partial charge in [-0.3, -0.25) is 4.79 Å². The van der Waals surface area contributed by atoms with Crippen molar-refractivity contribution in [2.45, 2.75) is 12.6 Å². The average Bonchev–Trinajstić information content (AvgIpc) is 2.42. The molecule has 0 radical (unpaired) electrons. The Balaban J connectivity index is 2.30. The van der Waals surface area contributed by atoms with E-state index in [0.717, 1.165) is 5.56 Å². The quantitative estimate of drug-likeness (QED) is 0.782. The van der Waals surface area contributed by atoms with Crippen LogP contribution in [0.4, 0.5) is 4.79 Å². The average molecular weight is 253 g/mol. The fraction of sp³-hybridized carbons (Fsp3) is 0.333. The van der Waals surface area contributed by atoms with Gasteiger partial charge in [-0.05, 0) is 5.56 Å². The van der Waals surface area contributed by atoms with E-state index >= 15 is 0 Å². The van der Waals surface area contributed by atoms with E-state index in [-0.39, 0.29) is 13.2 Å². The molecule has 0 aliphatic heterocycles. The summed E-state index contributed by atoms with van der Waals surface area (Å²) in [4.78, 5) is 22.1. The van der Waals surface area contributed by atoms with E-state index in [1.807, 2.05) is 30.3 Å². The van der Waals surface area contributed by atoms with Crippen molar-refractivity contribution in [3.8, 4) is 0 Å². The highest BCUT2D eigenvalue weighted by atomic mass is 16.7. The summed E-state index contributed by atoms with van der Waals surface area (Å²) in [6.45, 7) is -0.147. The first-order chi connectivity index (χ1) is 8.63. The van der Waals surface area contributed by atoms with Gasteiger partial charge in [-0.25, -0.2) is 4.79 Å². The highest BCUT2D eigenvalue weighted by Gasteiger charge is 2.17. The third-order valence-electron chi connectivity index (χ3n) is 2.07. The molecule has 1 aromatic carbocycles. The van der Waals surface area contributed by atoms with Gasteiger partial charge in [-0.2, -0.15) is 0 Å². The summed E-state index contributed by atoms with van der Waals surface area (Å²) < 4.78 is 13.7. The van der Waals surface area contributed by atoms with E-state index in [1.165, 1.54) is 7.11 Å². The Morgan fingerprint density at radius 3 is 2.50 bits per heavy atom. The van der Waals surface area contributed by atoms with Gasteiger partial charge < -0.3 is 19.9 Å². The van der Waals surface area contributed by atoms with Crippen LogP contribution in [0.5, 0.6) is 0 Å². The van der Waals surface area contributed by atoms with Crippen molar-refractivity contribution in [1.29, 1.82) is 0 Å². The first-order valence-corrected chi connectivity index (χ1v) is 5.30. The smallest absolute Gasteiger partial charge is 0.460 e. The number of methoxy groups -OCH3 is 1. The summed E-state index contributed by atoms with van der Waals surface area (Å²) in [5, 5.41) is 0. The molecule has 0 bridgehead atoms. The fourth-order valence-corrected chi connectivity index (χ4v) is 1.12. The monoisotopic (exact) mass is 253 g/mol. The minimum Gasteiger partial charge on any atom is -0.460 e. The standard InChI is InChI=1S/C12H15NO5/c1-16-12(15)18-8-10(13)11(14)17-7-9-5-3-2-4-6-9/h2-6,10H,7-8,13H2,1H3. The Morgan fingerprint density at radius 1 is 1.22 bits per heavy atom. The highest BCUT2D eigenvalue weighted by Crippen LogP contribution is 2.01. The number of nitrogens with two attached hydrogens (primary N) is 1. The highest BCUT2D eigenvalue weighted by molar-refractivity contribution is 5.76. The summed E-state index contributed by atoms with van der Waals surface area (Å²) in [5.41, 5.74) is 6.33. The Labute approximate surface area is 105 Å². The third kappa shape index (κ3) is 4.84. The zero-order chi connectivity index (χ0) is 13.4. The Morgan fingerprint density at radius 2 is 1.89 bits per heavy atom. The van der Waals surface area contributed by atoms with Crippen molar-refractivity contribution in [3.63, 3.8) is 0 Å². The molecule has 1 rings (SSSR count). The first kappa shape index (κ1) is 14.0. The van der Waals surface area contributed by atoms with Gasteiger partial charge in [0.05, 0.1) is 7.11 Å². The van der Waals surface area contributed by atoms with Crippen LogP contribution in [0.25, 0.3) is 0 Å². The maximum Gasteiger partial charge on any atom is 0.508 e. The SMILES string of the molecule is COC(=O)OCC(N)C(=O)OCc1ccccc1. The van der Waals surface area contributed by atoms with Crippen LogP contribution in [0.15, 0.2) is 30.3 Å². The summed E-state index contributed by atoms with van der Waals surface area (Å²) >= 11 is 0. The van der Waals surface area contributed by atoms with Gasteiger partial charge in [-0.1, -0.05) is 30.3 Å². The van der Waals surface area contributed by atoms with Crippen LogP contribution in [0.1, 0.15) is 5.56 Å². The molecule has 0 aliphatic carbocycles. The second kappa shape index (κ2) is 7.29. The number of hydrogen-bond acceptors (Lipinski definition) is 6. The van der Waals surface area contributed by atoms with E-state index in [1.54, 1.807) is 0 Å². The van der Waals surface area contributed by atoms with Gasteiger partial charge in [-0.15, -0.1) is 0 Å². The molecule has 98 valence electrons. The summed E-state index contributed by atoms with van der Waals surface area (Å²) in [6, 6.07) is 8.16. The molecule has 18 heavy (non-hydrogen) atoms. The largest absolute Gasteiger partial charge is 0.508 e. The molecule has 0 saturated carbocycles. The maximum atomic E-state index is 11.4. The van der Waals surface area contributed by atoms with Crippen LogP contribution in [0, 0.1) is 0 Å². The summed E-state index contributed by atoms with van der Waals surface area (Å²) in [6.07, 6.45) is -0.888. The lowest BCUT2D eigenvalue weighted by Gasteiger charge is -2.11. The van der Waals surface area contributed by atoms with Gasteiger partial charge >= 0.3 is 12.1 Å². The van der Waals surface area contributed by atoms with Crippen LogP contribution in [0.2, 0.25) is 0 Å². The second-order valence-electron chi connectivity index (χ2n) is 3.46. The topological polar surface area (TPSA) is 87.9 Å². The lowest BCUT2D eigenvalue weighted by atomic mass is 10.2. The number of esters is 1. The van der Waals surface area contributed by atoms with Crippen LogP contribution >= 0.6 is 0 Å². The number of benzene rings is 1. The normalized spacial score (nSPS) is 11.4. The molecule has 1 unspecified atom stereocenters. The van der Waals surface area contributed by atoms with E-state index in [0.29, 0.717) is 0 Å². The molecule has 0 aromatic heterocycles. The predicted octanol–water partition coefficient (Wildman–Crippen LogP) is 0.840. The van der Waals surface area contributed by atoms with Gasteiger partial charge in [0.25, 0.3) is 0 Å². The lowest BCUT2D eigenvalue weighted by Crippen LogP contribution is -2.37. The lowest BCUT2D eigenvalue weighted by molar-refractivity contribution is -0.147. The van der Waals surface area contributed by atoms with Crippen molar-refractivity contribution in [2.75, 3.05) is 13.7 Å². The number of carbonyl (C=O) groups is 2. The summed E-state index contributed by atoms with van der Waals surface area (Å²) in [7, 11) is 1.17. The van der Waals surface area contributed by atoms with Crippen molar-refractivity contribution >= 4 is 12.1 Å². The molecule has 0 saturated heterocycles. The number of carbonyl (C=O) groups excluding carboxylic acids is 2. The van der Waals surface area contributed by atoms with Gasteiger partial charge in [0.15, 0.2) is 0 Å². The Hall–Kier alpha value is -2.08. The zero-order valence-electron chi connectivity index (χ0n) is 10.00. The predicted molar refractivity (Wildman–Crippen MR) is 62.6 cm³/mol. The number of hydrogen-bond donors (Lipinski definition) is 1. The van der Waals surface area contributed by atoms with E-state index in [9.17, 15) is 9.59 Å². The van der Waals surface area contributed by atoms with Crippen LogP contribution in [-0.2, 0) is 25.6 Å². The van der Waals surface area contributed by atoms with Crippen molar-refractivity contribution in [1.82, 2.24) is 0 Å². The fourth-order valence-electron chi connectivity index (χ4n) is 1.12. The third-order valence-corrected chi connectivity index (χ3v) is 2.07. The van der Waals surface area contributed by atoms with E-state index in [2.05, 4.69) is 9.47 Å². The molecule has 2 N–H and O–H groups in total. The molecule has 1 aromatic rings. The molecule has 0 fully saturated rings. The molecule has 0 heterocycles. The summed E-state index contributed by atoms with van der Waals surface area (Å²) in [5.74, 6) is -0.636. The first-order valence-electron chi connectivity index (χ1n) is 5.30. The van der Waals surface area contributed by atoms with Crippen molar-refractivity contribution < 1.29 is 23.8 Å². The van der Waals surface area contributed by atoms with E-state index < -0.39 is 18.2 Å². The Kier molecular flexibility index (Phi) is 5.66.